The van der Waals surface area contributed by atoms with Crippen LogP contribution in [-0.4, -0.2) is 39.1 Å². The summed E-state index contributed by atoms with van der Waals surface area (Å²) >= 11 is 0. The van der Waals surface area contributed by atoms with Crippen LogP contribution in [-0.2, 0) is 20.4 Å². The number of nitrogens with one attached hydrogen (secondary N) is 1. The smallest absolute Gasteiger partial charge is 0.287 e. The molecule has 1 aromatic heterocycles. The van der Waals surface area contributed by atoms with Gasteiger partial charge in [-0.2, -0.15) is 0 Å². The molecule has 126 valence electrons. The van der Waals surface area contributed by atoms with Gasteiger partial charge >= 0.3 is 0 Å². The Hall–Kier alpha value is -2.61. The van der Waals surface area contributed by atoms with Crippen LogP contribution in [0.15, 0.2) is 46.9 Å². The van der Waals surface area contributed by atoms with Gasteiger partial charge in [-0.3, -0.25) is 9.59 Å². The van der Waals surface area contributed by atoms with Gasteiger partial charge in [0.05, 0.1) is 6.54 Å². The third kappa shape index (κ3) is 3.48. The molecule has 2 aromatic rings. The van der Waals surface area contributed by atoms with Crippen molar-refractivity contribution in [1.29, 1.82) is 0 Å². The summed E-state index contributed by atoms with van der Waals surface area (Å²) in [6.45, 7) is 0.380. The monoisotopic (exact) mass is 348 g/mol. The average Bonchev–Trinajstić information content (AvgIpc) is 2.97. The van der Waals surface area contributed by atoms with Crippen molar-refractivity contribution in [3.05, 3.63) is 54.0 Å². The predicted octanol–water partition coefficient (Wildman–Crippen LogP) is 0.969. The van der Waals surface area contributed by atoms with E-state index in [0.29, 0.717) is 6.54 Å². The quantitative estimate of drug-likeness (QED) is 0.812. The number of furan rings is 1. The topological polar surface area (TPSA) is 96.7 Å². The maximum atomic E-state index is 12.1. The lowest BCUT2D eigenvalue weighted by atomic mass is 10.1. The van der Waals surface area contributed by atoms with Gasteiger partial charge in [-0.25, -0.2) is 8.42 Å². The Morgan fingerprint density at radius 3 is 2.58 bits per heavy atom. The fraction of sp³-hybridized carbons (Fsp3) is 0.250. The van der Waals surface area contributed by atoms with Crippen LogP contribution in [0.2, 0.25) is 0 Å². The van der Waals surface area contributed by atoms with Gasteiger partial charge in [-0.15, -0.1) is 0 Å². The van der Waals surface area contributed by atoms with Crippen LogP contribution in [0.3, 0.4) is 0 Å². The van der Waals surface area contributed by atoms with Gasteiger partial charge in [0.2, 0.25) is 0 Å². The molecule has 0 bridgehead atoms. The molecule has 0 spiro atoms. The molecule has 1 aliphatic rings. The van der Waals surface area contributed by atoms with Crippen molar-refractivity contribution < 1.29 is 22.4 Å². The molecular weight excluding hydrogens is 332 g/mol. The normalized spacial score (nSPS) is 17.5. The first kappa shape index (κ1) is 16.3. The number of sulfone groups is 1. The molecule has 1 aromatic carbocycles. The molecule has 1 unspecified atom stereocenters. The molecule has 7 nitrogen and oxygen atoms in total. The van der Waals surface area contributed by atoms with Crippen molar-refractivity contribution in [2.75, 3.05) is 17.7 Å². The van der Waals surface area contributed by atoms with Gasteiger partial charge in [0.15, 0.2) is 15.6 Å². The van der Waals surface area contributed by atoms with Crippen LogP contribution < -0.4 is 10.2 Å². The van der Waals surface area contributed by atoms with Gasteiger partial charge in [-0.1, -0.05) is 18.2 Å². The third-order valence-electron chi connectivity index (χ3n) is 3.59. The fourth-order valence-corrected chi connectivity index (χ4v) is 3.11. The van der Waals surface area contributed by atoms with Crippen molar-refractivity contribution >= 4 is 27.3 Å². The molecule has 0 saturated carbocycles. The summed E-state index contributed by atoms with van der Waals surface area (Å²) in [6.07, 6.45) is 1.08. The maximum absolute atomic E-state index is 12.1. The lowest BCUT2D eigenvalue weighted by molar-refractivity contribution is -0.124. The van der Waals surface area contributed by atoms with Crippen LogP contribution >= 0.6 is 0 Å². The Labute approximate surface area is 139 Å². The number of anilines is 1. The van der Waals surface area contributed by atoms with Crippen LogP contribution in [0, 0.1) is 0 Å². The van der Waals surface area contributed by atoms with E-state index in [4.69, 9.17) is 4.42 Å². The summed E-state index contributed by atoms with van der Waals surface area (Å²) in [7, 11) is -3.24. The second-order valence-corrected chi connectivity index (χ2v) is 7.79. The first-order valence-corrected chi connectivity index (χ1v) is 9.33. The number of hydrogen-bond donors (Lipinski definition) is 1. The standard InChI is InChI=1S/C16H16N2O5S/c1-24(21,22)10-12-7-8-14(23-12)15(19)17-13-9-18(16(13)20)11-5-3-2-4-6-11/h2-8,13H,9-10H2,1H3,(H,17,19). The van der Waals surface area contributed by atoms with E-state index in [0.717, 1.165) is 11.9 Å². The zero-order chi connectivity index (χ0) is 17.3. The van der Waals surface area contributed by atoms with Crippen LogP contribution in [0.1, 0.15) is 16.3 Å². The van der Waals surface area contributed by atoms with Crippen molar-refractivity contribution in [2.45, 2.75) is 11.8 Å². The molecular formula is C16H16N2O5S. The van der Waals surface area contributed by atoms with Crippen LogP contribution in [0.4, 0.5) is 5.69 Å². The highest BCUT2D eigenvalue weighted by Gasteiger charge is 2.39. The van der Waals surface area contributed by atoms with Gasteiger partial charge in [0.25, 0.3) is 11.8 Å². The Kier molecular flexibility index (Phi) is 4.15. The number of benzene rings is 1. The summed E-state index contributed by atoms with van der Waals surface area (Å²) in [5, 5.41) is 2.58. The number of amides is 2. The first-order valence-electron chi connectivity index (χ1n) is 7.27. The zero-order valence-electron chi connectivity index (χ0n) is 12.9. The van der Waals surface area contributed by atoms with E-state index < -0.39 is 21.8 Å². The van der Waals surface area contributed by atoms with E-state index in [1.165, 1.54) is 12.1 Å². The van der Waals surface area contributed by atoms with Crippen molar-refractivity contribution in [2.24, 2.45) is 0 Å². The lowest BCUT2D eigenvalue weighted by Gasteiger charge is -2.38. The summed E-state index contributed by atoms with van der Waals surface area (Å²) in [5.41, 5.74) is 0.779. The summed E-state index contributed by atoms with van der Waals surface area (Å²) in [4.78, 5) is 25.8. The van der Waals surface area contributed by atoms with Gasteiger partial charge < -0.3 is 14.6 Å². The Morgan fingerprint density at radius 2 is 1.96 bits per heavy atom. The number of rotatable bonds is 5. The molecule has 1 atom stereocenters. The molecule has 24 heavy (non-hydrogen) atoms. The highest BCUT2D eigenvalue weighted by Crippen LogP contribution is 2.22. The number of carbonyl (C=O) groups is 2. The van der Waals surface area contributed by atoms with Crippen molar-refractivity contribution in [3.8, 4) is 0 Å². The Bertz CT molecular complexity index is 873. The van der Waals surface area contributed by atoms with E-state index in [1.807, 2.05) is 30.3 Å². The minimum atomic E-state index is -3.24. The second kappa shape index (κ2) is 6.12. The van der Waals surface area contributed by atoms with E-state index in [1.54, 1.807) is 4.90 Å². The average molecular weight is 348 g/mol. The maximum Gasteiger partial charge on any atom is 0.287 e. The zero-order valence-corrected chi connectivity index (χ0v) is 13.7. The molecule has 2 amide bonds. The minimum absolute atomic E-state index is 0.0142. The number of hydrogen-bond acceptors (Lipinski definition) is 5. The fourth-order valence-electron chi connectivity index (χ4n) is 2.44. The van der Waals surface area contributed by atoms with E-state index >= 15 is 0 Å². The summed E-state index contributed by atoms with van der Waals surface area (Å²) in [5.74, 6) is -0.837. The number of β-lactam (4-membered cyclic amide) rings is 1. The molecule has 3 rings (SSSR count). The van der Waals surface area contributed by atoms with Crippen molar-refractivity contribution in [3.63, 3.8) is 0 Å². The summed E-state index contributed by atoms with van der Waals surface area (Å²) < 4.78 is 27.7. The van der Waals surface area contributed by atoms with Gasteiger partial charge in [0.1, 0.15) is 17.6 Å². The van der Waals surface area contributed by atoms with E-state index in [-0.39, 0.29) is 23.2 Å². The third-order valence-corrected chi connectivity index (χ3v) is 4.40. The Balaban J connectivity index is 1.60. The molecule has 0 aliphatic carbocycles. The number of carbonyl (C=O) groups excluding carboxylic acids is 2. The first-order chi connectivity index (χ1) is 11.3. The number of nitrogens with zero attached hydrogens (tertiary/aromatic N) is 1. The predicted molar refractivity (Wildman–Crippen MR) is 87.3 cm³/mol. The highest BCUT2D eigenvalue weighted by atomic mass is 32.2. The molecule has 0 radical (unpaired) electrons. The molecule has 2 heterocycles. The molecule has 1 fully saturated rings. The second-order valence-electron chi connectivity index (χ2n) is 5.65. The summed E-state index contributed by atoms with van der Waals surface area (Å²) in [6, 6.07) is 11.4. The van der Waals surface area contributed by atoms with Crippen molar-refractivity contribution in [1.82, 2.24) is 5.32 Å². The molecule has 1 N–H and O–H groups in total. The van der Waals surface area contributed by atoms with E-state index in [9.17, 15) is 18.0 Å². The van der Waals surface area contributed by atoms with Gasteiger partial charge in [-0.05, 0) is 24.3 Å². The van der Waals surface area contributed by atoms with Crippen LogP contribution in [0.5, 0.6) is 0 Å². The largest absolute Gasteiger partial charge is 0.455 e. The Morgan fingerprint density at radius 1 is 1.25 bits per heavy atom. The highest BCUT2D eigenvalue weighted by molar-refractivity contribution is 7.89. The molecule has 8 heteroatoms. The molecule has 1 saturated heterocycles. The molecule has 1 aliphatic heterocycles. The number of para-hydroxylation sites is 1. The lowest BCUT2D eigenvalue weighted by Crippen LogP contribution is -2.64. The van der Waals surface area contributed by atoms with Gasteiger partial charge in [0, 0.05) is 11.9 Å². The van der Waals surface area contributed by atoms with E-state index in [2.05, 4.69) is 5.32 Å². The minimum Gasteiger partial charge on any atom is -0.455 e. The SMILES string of the molecule is CS(=O)(=O)Cc1ccc(C(=O)NC2CN(c3ccccc3)C2=O)o1. The van der Waals surface area contributed by atoms with Crippen LogP contribution in [0.25, 0.3) is 0 Å².